The maximum Gasteiger partial charge on any atom is 0.0811 e. The molecule has 0 spiro atoms. The quantitative estimate of drug-likeness (QED) is 0.470. The second-order valence-corrected chi connectivity index (χ2v) is 11.1. The fourth-order valence-electron chi connectivity index (χ4n) is 6.75. The Morgan fingerprint density at radius 2 is 1.81 bits per heavy atom. The Labute approximate surface area is 194 Å². The molecule has 0 heterocycles. The summed E-state index contributed by atoms with van der Waals surface area (Å²) in [7, 11) is 0. The molecule has 32 heavy (non-hydrogen) atoms. The first-order chi connectivity index (χ1) is 15.3. The van der Waals surface area contributed by atoms with Gasteiger partial charge < -0.3 is 15.3 Å². The minimum Gasteiger partial charge on any atom is -0.393 e. The van der Waals surface area contributed by atoms with Crippen molar-refractivity contribution in [2.45, 2.75) is 89.9 Å². The highest BCUT2D eigenvalue weighted by Crippen LogP contribution is 2.59. The summed E-state index contributed by atoms with van der Waals surface area (Å²) in [5.41, 5.74) is 3.64. The zero-order valence-electron chi connectivity index (χ0n) is 19.9. The molecule has 0 aromatic heterocycles. The summed E-state index contributed by atoms with van der Waals surface area (Å²) in [6, 6.07) is 0. The second-order valence-electron chi connectivity index (χ2n) is 11.1. The number of rotatable bonds is 6. The van der Waals surface area contributed by atoms with Gasteiger partial charge in [-0.05, 0) is 91.6 Å². The normalized spacial score (nSPS) is 40.5. The predicted octanol–water partition coefficient (Wildman–Crippen LogP) is 5.65. The van der Waals surface area contributed by atoms with Gasteiger partial charge in [0.2, 0.25) is 0 Å². The molecule has 4 aliphatic rings. The van der Waals surface area contributed by atoms with Gasteiger partial charge >= 0.3 is 0 Å². The van der Waals surface area contributed by atoms with Gasteiger partial charge in [0.15, 0.2) is 0 Å². The summed E-state index contributed by atoms with van der Waals surface area (Å²) in [5, 5.41) is 30.2. The number of fused-ring (bicyclic) bond motifs is 1. The van der Waals surface area contributed by atoms with Crippen LogP contribution < -0.4 is 0 Å². The largest absolute Gasteiger partial charge is 0.393 e. The fraction of sp³-hybridized carbons (Fsp3) is 0.655. The molecular weight excluding hydrogens is 396 g/mol. The molecule has 1 unspecified atom stereocenters. The molecule has 7 atom stereocenters. The van der Waals surface area contributed by atoms with Crippen LogP contribution in [0.15, 0.2) is 59.8 Å². The minimum absolute atomic E-state index is 0.272. The van der Waals surface area contributed by atoms with E-state index in [1.54, 1.807) is 5.57 Å². The van der Waals surface area contributed by atoms with Crippen LogP contribution in [0.4, 0.5) is 0 Å². The van der Waals surface area contributed by atoms with Crippen LogP contribution in [-0.2, 0) is 0 Å². The molecule has 4 rings (SSSR count). The van der Waals surface area contributed by atoms with E-state index >= 15 is 0 Å². The molecule has 3 nitrogen and oxygen atoms in total. The SMILES string of the molecule is C=C1C(=CC=C2CCC[C@]3(C)[C@@H](C(C)C=CC=C[C@@H](O)C4CC4)CC[C@@H]23)C[C@@H](O)C[C@@H]1O. The summed E-state index contributed by atoms with van der Waals surface area (Å²) >= 11 is 0. The zero-order valence-corrected chi connectivity index (χ0v) is 19.9. The number of allylic oxidation sites excluding steroid dienone is 6. The molecule has 4 saturated carbocycles. The van der Waals surface area contributed by atoms with E-state index in [1.165, 1.54) is 25.7 Å². The standard InChI is InChI=1S/C29H42O3/c1-19(7-4-5-9-27(31)22-11-12-22)25-14-15-26-21(8-6-16-29(25,26)3)10-13-23-17-24(30)18-28(32)20(23)2/h4-5,7,9-10,13,19,22,24-28,30-32H,2,6,8,11-12,14-18H2,1,3H3/t19?,24-,25-,26+,27-,28+,29-/m1/s1. The summed E-state index contributed by atoms with van der Waals surface area (Å²) in [5.74, 6) is 2.31. The van der Waals surface area contributed by atoms with Crippen LogP contribution in [0.1, 0.15) is 71.6 Å². The van der Waals surface area contributed by atoms with E-state index in [0.717, 1.165) is 30.4 Å². The maximum absolute atomic E-state index is 10.1. The van der Waals surface area contributed by atoms with Gasteiger partial charge in [0.25, 0.3) is 0 Å². The first kappa shape index (κ1) is 23.7. The third kappa shape index (κ3) is 5.05. The zero-order chi connectivity index (χ0) is 22.9. The van der Waals surface area contributed by atoms with Crippen molar-refractivity contribution in [1.29, 1.82) is 0 Å². The minimum atomic E-state index is -0.622. The summed E-state index contributed by atoms with van der Waals surface area (Å²) in [4.78, 5) is 0. The monoisotopic (exact) mass is 438 g/mol. The molecule has 0 bridgehead atoms. The third-order valence-electron chi connectivity index (χ3n) is 8.88. The molecule has 0 radical (unpaired) electrons. The second kappa shape index (κ2) is 9.83. The maximum atomic E-state index is 10.1. The highest BCUT2D eigenvalue weighted by atomic mass is 16.3. The van der Waals surface area contributed by atoms with E-state index in [1.807, 2.05) is 12.2 Å². The summed E-state index contributed by atoms with van der Waals surface area (Å²) in [6.45, 7) is 8.92. The molecular formula is C29H42O3. The molecule has 176 valence electrons. The van der Waals surface area contributed by atoms with E-state index in [-0.39, 0.29) is 6.10 Å². The molecule has 4 fully saturated rings. The van der Waals surface area contributed by atoms with E-state index in [4.69, 9.17) is 0 Å². The predicted molar refractivity (Wildman–Crippen MR) is 131 cm³/mol. The van der Waals surface area contributed by atoms with Crippen molar-refractivity contribution in [1.82, 2.24) is 0 Å². The van der Waals surface area contributed by atoms with Gasteiger partial charge in [0, 0.05) is 6.42 Å². The molecule has 4 aliphatic carbocycles. The number of hydrogen-bond acceptors (Lipinski definition) is 3. The first-order valence-electron chi connectivity index (χ1n) is 12.8. The number of aliphatic hydroxyl groups is 3. The van der Waals surface area contributed by atoms with Crippen LogP contribution in [-0.4, -0.2) is 33.6 Å². The lowest BCUT2D eigenvalue weighted by molar-refractivity contribution is 0.0862. The summed E-state index contributed by atoms with van der Waals surface area (Å²) < 4.78 is 0. The van der Waals surface area contributed by atoms with Crippen molar-refractivity contribution in [2.75, 3.05) is 0 Å². The molecule has 0 aromatic rings. The molecule has 3 N–H and O–H groups in total. The topological polar surface area (TPSA) is 60.7 Å². The smallest absolute Gasteiger partial charge is 0.0811 e. The molecule has 0 saturated heterocycles. The number of hydrogen-bond donors (Lipinski definition) is 3. The van der Waals surface area contributed by atoms with Gasteiger partial charge in [-0.15, -0.1) is 0 Å². The van der Waals surface area contributed by atoms with Crippen LogP contribution >= 0.6 is 0 Å². The van der Waals surface area contributed by atoms with Crippen molar-refractivity contribution in [3.8, 4) is 0 Å². The van der Waals surface area contributed by atoms with Gasteiger partial charge in [0.05, 0.1) is 18.3 Å². The van der Waals surface area contributed by atoms with E-state index < -0.39 is 12.2 Å². The molecule has 0 aromatic carbocycles. The van der Waals surface area contributed by atoms with Crippen LogP contribution in [0.25, 0.3) is 0 Å². The Morgan fingerprint density at radius 3 is 2.56 bits per heavy atom. The Bertz CT molecular complexity index is 814. The lowest BCUT2D eigenvalue weighted by atomic mass is 9.61. The van der Waals surface area contributed by atoms with Crippen LogP contribution in [0, 0.1) is 29.1 Å². The lowest BCUT2D eigenvalue weighted by Gasteiger charge is -2.44. The summed E-state index contributed by atoms with van der Waals surface area (Å²) in [6.07, 6.45) is 21.0. The Morgan fingerprint density at radius 1 is 1.06 bits per heavy atom. The fourth-order valence-corrected chi connectivity index (χ4v) is 6.75. The molecule has 0 aliphatic heterocycles. The average molecular weight is 439 g/mol. The van der Waals surface area contributed by atoms with Gasteiger partial charge in [0.1, 0.15) is 0 Å². The van der Waals surface area contributed by atoms with Crippen molar-refractivity contribution in [3.63, 3.8) is 0 Å². The highest BCUT2D eigenvalue weighted by Gasteiger charge is 2.50. The van der Waals surface area contributed by atoms with Gasteiger partial charge in [-0.2, -0.15) is 0 Å². The Balaban J connectivity index is 1.43. The highest BCUT2D eigenvalue weighted by molar-refractivity contribution is 5.38. The van der Waals surface area contributed by atoms with Crippen LogP contribution in [0.2, 0.25) is 0 Å². The van der Waals surface area contributed by atoms with E-state index in [0.29, 0.717) is 41.9 Å². The van der Waals surface area contributed by atoms with Crippen molar-refractivity contribution in [3.05, 3.63) is 59.8 Å². The number of aliphatic hydroxyl groups excluding tert-OH is 3. The van der Waals surface area contributed by atoms with Gasteiger partial charge in [-0.1, -0.05) is 62.5 Å². The Hall–Kier alpha value is -1.42. The van der Waals surface area contributed by atoms with Crippen molar-refractivity contribution < 1.29 is 15.3 Å². The van der Waals surface area contributed by atoms with Crippen molar-refractivity contribution in [2.24, 2.45) is 29.1 Å². The van der Waals surface area contributed by atoms with Crippen LogP contribution in [0.5, 0.6) is 0 Å². The van der Waals surface area contributed by atoms with Crippen molar-refractivity contribution >= 4 is 0 Å². The first-order valence-corrected chi connectivity index (χ1v) is 12.8. The molecule has 0 amide bonds. The van der Waals surface area contributed by atoms with E-state index in [2.05, 4.69) is 44.7 Å². The lowest BCUT2D eigenvalue weighted by Crippen LogP contribution is -2.35. The Kier molecular flexibility index (Phi) is 7.29. The van der Waals surface area contributed by atoms with E-state index in [9.17, 15) is 15.3 Å². The average Bonchev–Trinajstić information content (AvgIpc) is 3.54. The van der Waals surface area contributed by atoms with Gasteiger partial charge in [-0.3, -0.25) is 0 Å². The van der Waals surface area contributed by atoms with Gasteiger partial charge in [-0.25, -0.2) is 0 Å². The molecule has 3 heteroatoms. The third-order valence-corrected chi connectivity index (χ3v) is 8.88. The van der Waals surface area contributed by atoms with Crippen LogP contribution in [0.3, 0.4) is 0 Å².